The Hall–Kier alpha value is -1.97. The molecule has 0 fully saturated rings. The zero-order valence-corrected chi connectivity index (χ0v) is 18.2. The number of anilines is 2. The molecule has 0 aliphatic rings. The number of benzene rings is 1. The normalized spacial score (nSPS) is 11.8. The molecule has 6 nitrogen and oxygen atoms in total. The fourth-order valence-electron chi connectivity index (χ4n) is 2.51. The van der Waals surface area contributed by atoms with Gasteiger partial charge in [0.2, 0.25) is 0 Å². The van der Waals surface area contributed by atoms with E-state index in [1.165, 1.54) is 17.6 Å². The van der Waals surface area contributed by atoms with E-state index in [1.807, 2.05) is 33.1 Å². The Morgan fingerprint density at radius 1 is 1.19 bits per heavy atom. The summed E-state index contributed by atoms with van der Waals surface area (Å²) in [4.78, 5) is 10.3. The van der Waals surface area contributed by atoms with Crippen molar-refractivity contribution in [2.75, 3.05) is 11.6 Å². The highest BCUT2D eigenvalue weighted by atomic mass is 32.2. The zero-order valence-electron chi connectivity index (χ0n) is 15.7. The van der Waals surface area contributed by atoms with Crippen LogP contribution in [0.1, 0.15) is 24.5 Å². The number of aryl methyl sites for hydroxylation is 2. The maximum atomic E-state index is 11.9. The van der Waals surface area contributed by atoms with E-state index in [0.717, 1.165) is 21.3 Å². The second kappa shape index (κ2) is 7.57. The Morgan fingerprint density at radius 3 is 2.52 bits per heavy atom. The summed E-state index contributed by atoms with van der Waals surface area (Å²) in [5.41, 5.74) is 2.39. The molecule has 9 heteroatoms. The van der Waals surface area contributed by atoms with E-state index in [-0.39, 0.29) is 11.0 Å². The SMILES string of the molecule is Cc1nc(C)c(-c2csc(Nc3cc(S(C)(=O)=O)ccc3OC(C)C)n2)s1. The van der Waals surface area contributed by atoms with E-state index >= 15 is 0 Å². The first-order chi connectivity index (χ1) is 12.6. The highest BCUT2D eigenvalue weighted by Crippen LogP contribution is 2.36. The molecule has 3 aromatic rings. The number of rotatable bonds is 6. The van der Waals surface area contributed by atoms with Gasteiger partial charge in [0.15, 0.2) is 15.0 Å². The summed E-state index contributed by atoms with van der Waals surface area (Å²) in [6.45, 7) is 7.78. The van der Waals surface area contributed by atoms with Crippen LogP contribution in [-0.4, -0.2) is 30.7 Å². The van der Waals surface area contributed by atoms with Crippen molar-refractivity contribution < 1.29 is 13.2 Å². The third kappa shape index (κ3) is 4.66. The van der Waals surface area contributed by atoms with Gasteiger partial charge in [-0.2, -0.15) is 0 Å². The second-order valence-electron chi connectivity index (χ2n) is 6.41. The number of sulfone groups is 1. The minimum absolute atomic E-state index is 0.0377. The van der Waals surface area contributed by atoms with Crippen LogP contribution in [0.5, 0.6) is 5.75 Å². The lowest BCUT2D eigenvalue weighted by Crippen LogP contribution is -2.08. The number of nitrogens with one attached hydrogen (secondary N) is 1. The standard InChI is InChI=1S/C18H21N3O3S3/c1-10(2)24-16-7-6-13(27(5,22)23)8-14(16)20-18-21-15(9-25-18)17-11(3)19-12(4)26-17/h6-10H,1-5H3,(H,20,21). The van der Waals surface area contributed by atoms with Crippen molar-refractivity contribution in [2.24, 2.45) is 0 Å². The predicted octanol–water partition coefficient (Wildman–Crippen LogP) is 4.82. The minimum Gasteiger partial charge on any atom is -0.489 e. The van der Waals surface area contributed by atoms with Crippen molar-refractivity contribution in [2.45, 2.75) is 38.7 Å². The molecule has 0 saturated heterocycles. The molecule has 3 rings (SSSR count). The molecule has 27 heavy (non-hydrogen) atoms. The topological polar surface area (TPSA) is 81.2 Å². The average molecular weight is 424 g/mol. The van der Waals surface area contributed by atoms with Gasteiger partial charge in [0.25, 0.3) is 0 Å². The third-order valence-corrected chi connectivity index (χ3v) is 6.59. The van der Waals surface area contributed by atoms with Crippen molar-refractivity contribution in [1.29, 1.82) is 0 Å². The molecule has 0 spiro atoms. The monoisotopic (exact) mass is 423 g/mol. The van der Waals surface area contributed by atoms with Gasteiger partial charge in [0.05, 0.1) is 38.0 Å². The van der Waals surface area contributed by atoms with Crippen LogP contribution in [0.15, 0.2) is 28.5 Å². The molecule has 2 heterocycles. The van der Waals surface area contributed by atoms with Crippen molar-refractivity contribution >= 4 is 43.3 Å². The van der Waals surface area contributed by atoms with Crippen LogP contribution in [0, 0.1) is 13.8 Å². The number of thiazole rings is 2. The molecule has 1 N–H and O–H groups in total. The smallest absolute Gasteiger partial charge is 0.187 e. The van der Waals surface area contributed by atoms with Crippen LogP contribution < -0.4 is 10.1 Å². The first-order valence-corrected chi connectivity index (χ1v) is 11.9. The van der Waals surface area contributed by atoms with Gasteiger partial charge in [-0.3, -0.25) is 0 Å². The highest BCUT2D eigenvalue weighted by Gasteiger charge is 2.16. The summed E-state index contributed by atoms with van der Waals surface area (Å²) in [6, 6.07) is 4.80. The van der Waals surface area contributed by atoms with Gasteiger partial charge in [-0.15, -0.1) is 22.7 Å². The average Bonchev–Trinajstić information content (AvgIpc) is 3.13. The lowest BCUT2D eigenvalue weighted by Gasteiger charge is -2.15. The molecule has 0 unspecified atom stereocenters. The number of aromatic nitrogens is 2. The summed E-state index contributed by atoms with van der Waals surface area (Å²) in [6.07, 6.45) is 1.15. The predicted molar refractivity (Wildman–Crippen MR) is 111 cm³/mol. The maximum absolute atomic E-state index is 11.9. The van der Waals surface area contributed by atoms with Gasteiger partial charge in [0.1, 0.15) is 5.75 Å². The Labute approximate surface area is 167 Å². The summed E-state index contributed by atoms with van der Waals surface area (Å²) in [7, 11) is -3.32. The number of hydrogen-bond donors (Lipinski definition) is 1. The molecule has 0 atom stereocenters. The third-order valence-electron chi connectivity index (χ3n) is 3.62. The molecular formula is C18H21N3O3S3. The van der Waals surface area contributed by atoms with Crippen molar-refractivity contribution in [3.63, 3.8) is 0 Å². The van der Waals surface area contributed by atoms with E-state index in [9.17, 15) is 8.42 Å². The maximum Gasteiger partial charge on any atom is 0.187 e. The number of ether oxygens (including phenoxy) is 1. The van der Waals surface area contributed by atoms with E-state index in [4.69, 9.17) is 4.74 Å². The Morgan fingerprint density at radius 2 is 1.93 bits per heavy atom. The molecule has 0 bridgehead atoms. The molecular weight excluding hydrogens is 402 g/mol. The van der Waals surface area contributed by atoms with E-state index < -0.39 is 9.84 Å². The summed E-state index contributed by atoms with van der Waals surface area (Å²) < 4.78 is 29.6. The largest absolute Gasteiger partial charge is 0.489 e. The Kier molecular flexibility index (Phi) is 5.55. The minimum atomic E-state index is -3.32. The van der Waals surface area contributed by atoms with E-state index in [2.05, 4.69) is 15.3 Å². The van der Waals surface area contributed by atoms with Gasteiger partial charge < -0.3 is 10.1 Å². The van der Waals surface area contributed by atoms with Gasteiger partial charge in [-0.25, -0.2) is 18.4 Å². The van der Waals surface area contributed by atoms with Crippen molar-refractivity contribution in [1.82, 2.24) is 9.97 Å². The molecule has 0 saturated carbocycles. The van der Waals surface area contributed by atoms with E-state index in [1.54, 1.807) is 29.5 Å². The van der Waals surface area contributed by atoms with Gasteiger partial charge in [-0.05, 0) is 45.9 Å². The summed E-state index contributed by atoms with van der Waals surface area (Å²) in [5, 5.41) is 6.83. The first kappa shape index (κ1) is 19.8. The van der Waals surface area contributed by atoms with E-state index in [0.29, 0.717) is 16.6 Å². The molecule has 1 aromatic carbocycles. The molecule has 0 amide bonds. The lowest BCUT2D eigenvalue weighted by atomic mass is 10.3. The lowest BCUT2D eigenvalue weighted by molar-refractivity contribution is 0.243. The Bertz CT molecular complexity index is 1070. The molecule has 144 valence electrons. The van der Waals surface area contributed by atoms with Crippen molar-refractivity contribution in [3.05, 3.63) is 34.3 Å². The van der Waals surface area contributed by atoms with Crippen LogP contribution in [0.4, 0.5) is 10.8 Å². The van der Waals surface area contributed by atoms with Crippen molar-refractivity contribution in [3.8, 4) is 16.3 Å². The highest BCUT2D eigenvalue weighted by molar-refractivity contribution is 7.90. The van der Waals surface area contributed by atoms with Crippen LogP contribution >= 0.6 is 22.7 Å². The van der Waals surface area contributed by atoms with Gasteiger partial charge in [0, 0.05) is 11.6 Å². The molecule has 2 aromatic heterocycles. The van der Waals surface area contributed by atoms with Crippen LogP contribution in [0.3, 0.4) is 0 Å². The quantitative estimate of drug-likeness (QED) is 0.612. The fourth-order valence-corrected chi connectivity index (χ4v) is 4.83. The van der Waals surface area contributed by atoms with Crippen LogP contribution in [0.2, 0.25) is 0 Å². The zero-order chi connectivity index (χ0) is 19.8. The van der Waals surface area contributed by atoms with Crippen LogP contribution in [0.25, 0.3) is 10.6 Å². The molecule has 0 aliphatic carbocycles. The number of hydrogen-bond acceptors (Lipinski definition) is 8. The second-order valence-corrected chi connectivity index (χ2v) is 10.5. The van der Waals surface area contributed by atoms with Gasteiger partial charge in [-0.1, -0.05) is 0 Å². The first-order valence-electron chi connectivity index (χ1n) is 8.31. The van der Waals surface area contributed by atoms with Gasteiger partial charge >= 0.3 is 0 Å². The summed E-state index contributed by atoms with van der Waals surface area (Å²) in [5.74, 6) is 0.582. The fraction of sp³-hybridized carbons (Fsp3) is 0.333. The van der Waals surface area contributed by atoms with Crippen LogP contribution in [-0.2, 0) is 9.84 Å². The Balaban J connectivity index is 1.95. The number of nitrogens with zero attached hydrogens (tertiary/aromatic N) is 2. The summed E-state index contributed by atoms with van der Waals surface area (Å²) >= 11 is 3.06. The molecule has 0 aliphatic heterocycles. The molecule has 0 radical (unpaired) electrons.